The van der Waals surface area contributed by atoms with Gasteiger partial charge in [-0.05, 0) is 26.2 Å². The average molecular weight is 271 g/mol. The minimum Gasteiger partial charge on any atom is -0.378 e. The Morgan fingerprint density at radius 3 is 2.74 bits per heavy atom. The van der Waals surface area contributed by atoms with E-state index in [2.05, 4.69) is 37.9 Å². The van der Waals surface area contributed by atoms with Gasteiger partial charge in [0.05, 0.1) is 19.3 Å². The summed E-state index contributed by atoms with van der Waals surface area (Å²) < 4.78 is 5.48. The van der Waals surface area contributed by atoms with Crippen molar-refractivity contribution in [2.24, 2.45) is 11.7 Å². The second-order valence-electron chi connectivity index (χ2n) is 6.38. The van der Waals surface area contributed by atoms with Crippen LogP contribution < -0.4 is 11.1 Å². The van der Waals surface area contributed by atoms with Crippen LogP contribution >= 0.6 is 0 Å². The zero-order chi connectivity index (χ0) is 14.5. The first-order chi connectivity index (χ1) is 8.83. The fraction of sp³-hybridized carbons (Fsp3) is 0.929. The molecule has 1 amide bonds. The lowest BCUT2D eigenvalue weighted by atomic mass is 10.0. The Bertz CT molecular complexity index is 292. The van der Waals surface area contributed by atoms with E-state index in [1.165, 1.54) is 0 Å². The van der Waals surface area contributed by atoms with Gasteiger partial charge in [0.1, 0.15) is 0 Å². The van der Waals surface area contributed by atoms with Crippen LogP contribution in [0.2, 0.25) is 0 Å². The normalized spacial score (nSPS) is 21.4. The molecule has 5 heteroatoms. The van der Waals surface area contributed by atoms with Gasteiger partial charge < -0.3 is 15.8 Å². The second-order valence-corrected chi connectivity index (χ2v) is 6.38. The van der Waals surface area contributed by atoms with Gasteiger partial charge in [-0.25, -0.2) is 0 Å². The number of hydrogen-bond donors (Lipinski definition) is 2. The molecule has 1 rings (SSSR count). The van der Waals surface area contributed by atoms with Gasteiger partial charge in [-0.2, -0.15) is 0 Å². The number of rotatable bonds is 6. The van der Waals surface area contributed by atoms with Crippen LogP contribution in [0.5, 0.6) is 0 Å². The van der Waals surface area contributed by atoms with Crippen LogP contribution in [0, 0.1) is 5.92 Å². The first-order valence-corrected chi connectivity index (χ1v) is 7.19. The molecule has 0 aromatic heterocycles. The maximum Gasteiger partial charge on any atom is 0.236 e. The fourth-order valence-corrected chi connectivity index (χ4v) is 2.37. The molecule has 0 spiro atoms. The van der Waals surface area contributed by atoms with Crippen LogP contribution in [0.25, 0.3) is 0 Å². The second kappa shape index (κ2) is 7.22. The van der Waals surface area contributed by atoms with E-state index in [9.17, 15) is 4.79 Å². The summed E-state index contributed by atoms with van der Waals surface area (Å²) >= 11 is 0. The Labute approximate surface area is 116 Å². The lowest BCUT2D eigenvalue weighted by Crippen LogP contribution is -2.55. The van der Waals surface area contributed by atoms with Crippen LogP contribution in [-0.4, -0.2) is 55.2 Å². The molecule has 1 saturated heterocycles. The maximum absolute atomic E-state index is 11.8. The molecule has 0 unspecified atom stereocenters. The highest BCUT2D eigenvalue weighted by Gasteiger charge is 2.30. The van der Waals surface area contributed by atoms with Crippen molar-refractivity contribution in [3.05, 3.63) is 0 Å². The van der Waals surface area contributed by atoms with Gasteiger partial charge in [-0.15, -0.1) is 0 Å². The quantitative estimate of drug-likeness (QED) is 0.742. The fourth-order valence-electron chi connectivity index (χ4n) is 2.37. The summed E-state index contributed by atoms with van der Waals surface area (Å²) in [6, 6.07) is -0.391. The largest absolute Gasteiger partial charge is 0.378 e. The SMILES string of the molecule is CC(C)C[C@H](N)C(=O)NCCN1CCOCC1(C)C. The van der Waals surface area contributed by atoms with Crippen LogP contribution in [0.4, 0.5) is 0 Å². The Morgan fingerprint density at radius 2 is 2.16 bits per heavy atom. The summed E-state index contributed by atoms with van der Waals surface area (Å²) in [5.74, 6) is 0.402. The van der Waals surface area contributed by atoms with Crippen molar-refractivity contribution in [3.63, 3.8) is 0 Å². The Morgan fingerprint density at radius 1 is 1.47 bits per heavy atom. The lowest BCUT2D eigenvalue weighted by Gasteiger charge is -2.42. The van der Waals surface area contributed by atoms with E-state index in [1.54, 1.807) is 0 Å². The molecular formula is C14H29N3O2. The summed E-state index contributed by atoms with van der Waals surface area (Å²) in [4.78, 5) is 14.2. The smallest absolute Gasteiger partial charge is 0.236 e. The average Bonchev–Trinajstić information content (AvgIpc) is 2.30. The van der Waals surface area contributed by atoms with Gasteiger partial charge in [-0.1, -0.05) is 13.8 Å². The number of ether oxygens (including phenoxy) is 1. The molecule has 0 saturated carbocycles. The molecule has 5 nitrogen and oxygen atoms in total. The highest BCUT2D eigenvalue weighted by atomic mass is 16.5. The van der Waals surface area contributed by atoms with E-state index in [0.29, 0.717) is 12.5 Å². The minimum atomic E-state index is -0.391. The van der Waals surface area contributed by atoms with Crippen LogP contribution in [0.3, 0.4) is 0 Å². The third kappa shape index (κ3) is 5.47. The molecule has 0 aromatic rings. The number of nitrogens with zero attached hydrogens (tertiary/aromatic N) is 1. The van der Waals surface area contributed by atoms with Crippen molar-refractivity contribution in [1.82, 2.24) is 10.2 Å². The molecule has 1 atom stereocenters. The molecule has 112 valence electrons. The van der Waals surface area contributed by atoms with Crippen LogP contribution in [0.15, 0.2) is 0 Å². The molecule has 1 heterocycles. The van der Waals surface area contributed by atoms with E-state index in [1.807, 2.05) is 0 Å². The third-order valence-corrected chi connectivity index (χ3v) is 3.56. The number of carbonyl (C=O) groups is 1. The van der Waals surface area contributed by atoms with E-state index < -0.39 is 6.04 Å². The Hall–Kier alpha value is -0.650. The van der Waals surface area contributed by atoms with Crippen molar-refractivity contribution < 1.29 is 9.53 Å². The van der Waals surface area contributed by atoms with Gasteiger partial charge in [0.25, 0.3) is 0 Å². The minimum absolute atomic E-state index is 0.0419. The van der Waals surface area contributed by atoms with E-state index in [0.717, 1.165) is 32.7 Å². The molecular weight excluding hydrogens is 242 g/mol. The first kappa shape index (κ1) is 16.4. The molecule has 1 aliphatic rings. The van der Waals surface area contributed by atoms with E-state index >= 15 is 0 Å². The molecule has 0 bridgehead atoms. The van der Waals surface area contributed by atoms with E-state index in [4.69, 9.17) is 10.5 Å². The number of morpholine rings is 1. The van der Waals surface area contributed by atoms with Crippen LogP contribution in [0.1, 0.15) is 34.1 Å². The summed E-state index contributed by atoms with van der Waals surface area (Å²) in [6.07, 6.45) is 0.731. The molecule has 19 heavy (non-hydrogen) atoms. The molecule has 1 fully saturated rings. The Balaban J connectivity index is 2.27. The number of amides is 1. The summed E-state index contributed by atoms with van der Waals surface area (Å²) in [5, 5.41) is 2.93. The molecule has 0 aromatic carbocycles. The monoisotopic (exact) mass is 271 g/mol. The van der Waals surface area contributed by atoms with Gasteiger partial charge in [0.15, 0.2) is 0 Å². The highest BCUT2D eigenvalue weighted by molar-refractivity contribution is 5.81. The lowest BCUT2D eigenvalue weighted by molar-refractivity contribution is -0.123. The summed E-state index contributed by atoms with van der Waals surface area (Å²) in [5.41, 5.74) is 5.89. The molecule has 0 radical (unpaired) electrons. The zero-order valence-electron chi connectivity index (χ0n) is 12.7. The Kier molecular flexibility index (Phi) is 6.23. The van der Waals surface area contributed by atoms with E-state index in [-0.39, 0.29) is 11.4 Å². The van der Waals surface area contributed by atoms with Crippen molar-refractivity contribution in [1.29, 1.82) is 0 Å². The molecule has 1 aliphatic heterocycles. The van der Waals surface area contributed by atoms with Gasteiger partial charge >= 0.3 is 0 Å². The van der Waals surface area contributed by atoms with Gasteiger partial charge in [0, 0.05) is 25.2 Å². The predicted octanol–water partition coefficient (Wildman–Crippen LogP) is 0.587. The van der Waals surface area contributed by atoms with Crippen molar-refractivity contribution >= 4 is 5.91 Å². The third-order valence-electron chi connectivity index (χ3n) is 3.56. The topological polar surface area (TPSA) is 67.6 Å². The van der Waals surface area contributed by atoms with Crippen LogP contribution in [-0.2, 0) is 9.53 Å². The number of nitrogens with one attached hydrogen (secondary N) is 1. The number of carbonyl (C=O) groups excluding carboxylic acids is 1. The van der Waals surface area contributed by atoms with Gasteiger partial charge in [-0.3, -0.25) is 9.69 Å². The number of nitrogens with two attached hydrogens (primary N) is 1. The summed E-state index contributed by atoms with van der Waals surface area (Å²) in [7, 11) is 0. The van der Waals surface area contributed by atoms with Crippen molar-refractivity contribution in [2.45, 2.75) is 45.7 Å². The standard InChI is InChI=1S/C14H29N3O2/c1-11(2)9-12(15)13(18)16-5-6-17-7-8-19-10-14(17,3)4/h11-12H,5-10,15H2,1-4H3,(H,16,18)/t12-/m0/s1. The van der Waals surface area contributed by atoms with Crippen molar-refractivity contribution in [3.8, 4) is 0 Å². The predicted molar refractivity (Wildman–Crippen MR) is 76.9 cm³/mol. The molecule has 0 aliphatic carbocycles. The summed E-state index contributed by atoms with van der Waals surface area (Å²) in [6.45, 7) is 12.4. The van der Waals surface area contributed by atoms with Gasteiger partial charge in [0.2, 0.25) is 5.91 Å². The number of hydrogen-bond acceptors (Lipinski definition) is 4. The highest BCUT2D eigenvalue weighted by Crippen LogP contribution is 2.17. The first-order valence-electron chi connectivity index (χ1n) is 7.19. The van der Waals surface area contributed by atoms with Crippen molar-refractivity contribution in [2.75, 3.05) is 32.8 Å². The zero-order valence-corrected chi connectivity index (χ0v) is 12.7. The molecule has 3 N–H and O–H groups in total. The maximum atomic E-state index is 11.8.